The molecule has 4 heteroatoms. The molecule has 3 rings (SSSR count). The first kappa shape index (κ1) is 13.4. The van der Waals surface area contributed by atoms with E-state index >= 15 is 0 Å². The highest BCUT2D eigenvalue weighted by atomic mass is 35.5. The van der Waals surface area contributed by atoms with Gasteiger partial charge in [-0.2, -0.15) is 0 Å². The van der Waals surface area contributed by atoms with Gasteiger partial charge in [0.25, 0.3) is 0 Å². The van der Waals surface area contributed by atoms with E-state index in [0.29, 0.717) is 12.5 Å². The predicted molar refractivity (Wildman–Crippen MR) is 84.8 cm³/mol. The van der Waals surface area contributed by atoms with Gasteiger partial charge >= 0.3 is 0 Å². The molecule has 3 aromatic rings. The minimum atomic E-state index is 0.474. The van der Waals surface area contributed by atoms with Crippen LogP contribution in [0.2, 0.25) is 0 Å². The summed E-state index contributed by atoms with van der Waals surface area (Å²) in [6.07, 6.45) is 0.814. The second-order valence-corrected chi connectivity index (χ2v) is 5.68. The number of hydrogen-bond donors (Lipinski definition) is 0. The van der Waals surface area contributed by atoms with E-state index < -0.39 is 0 Å². The minimum absolute atomic E-state index is 0.474. The largest absolute Gasteiger partial charge is 0.493 e. The molecule has 0 radical (unpaired) electrons. The Morgan fingerprint density at radius 1 is 1.10 bits per heavy atom. The SMILES string of the molecule is ClCc1csc(CCOc2ccc3ccccc3c2)n1. The molecular weight excluding hydrogens is 290 g/mol. The van der Waals surface area contributed by atoms with Crippen LogP contribution in [-0.4, -0.2) is 11.6 Å². The van der Waals surface area contributed by atoms with Gasteiger partial charge in [0.2, 0.25) is 0 Å². The Kier molecular flexibility index (Phi) is 4.19. The first-order valence-corrected chi connectivity index (χ1v) is 7.87. The van der Waals surface area contributed by atoms with E-state index in [0.717, 1.165) is 22.9 Å². The third kappa shape index (κ3) is 3.11. The molecule has 0 saturated heterocycles. The van der Waals surface area contributed by atoms with Gasteiger partial charge in [0.15, 0.2) is 0 Å². The molecule has 0 aliphatic carbocycles. The highest BCUT2D eigenvalue weighted by molar-refractivity contribution is 7.09. The standard InChI is InChI=1S/C16H14ClNOS/c17-10-14-11-20-16(18-14)7-8-19-15-6-5-12-3-1-2-4-13(12)9-15/h1-6,9,11H,7-8,10H2. The fraction of sp³-hybridized carbons (Fsp3) is 0.188. The fourth-order valence-corrected chi connectivity index (χ4v) is 3.05. The highest BCUT2D eigenvalue weighted by Crippen LogP contribution is 2.21. The zero-order valence-corrected chi connectivity index (χ0v) is 12.5. The van der Waals surface area contributed by atoms with Crippen molar-refractivity contribution in [3.05, 3.63) is 58.5 Å². The monoisotopic (exact) mass is 303 g/mol. The molecule has 0 aliphatic rings. The van der Waals surface area contributed by atoms with Gasteiger partial charge in [0, 0.05) is 11.8 Å². The summed E-state index contributed by atoms with van der Waals surface area (Å²) < 4.78 is 5.79. The molecule has 0 fully saturated rings. The lowest BCUT2D eigenvalue weighted by Gasteiger charge is -2.06. The Labute approximate surface area is 127 Å². The van der Waals surface area contributed by atoms with E-state index in [2.05, 4.69) is 29.2 Å². The van der Waals surface area contributed by atoms with Crippen LogP contribution in [0.25, 0.3) is 10.8 Å². The summed E-state index contributed by atoms with van der Waals surface area (Å²) in [5.74, 6) is 1.37. The van der Waals surface area contributed by atoms with Crippen LogP contribution in [0, 0.1) is 0 Å². The van der Waals surface area contributed by atoms with Crippen molar-refractivity contribution in [3.63, 3.8) is 0 Å². The van der Waals surface area contributed by atoms with E-state index in [1.165, 1.54) is 10.8 Å². The topological polar surface area (TPSA) is 22.1 Å². The molecular formula is C16H14ClNOS. The smallest absolute Gasteiger partial charge is 0.119 e. The number of benzene rings is 2. The molecule has 2 nitrogen and oxygen atoms in total. The Morgan fingerprint density at radius 2 is 1.95 bits per heavy atom. The van der Waals surface area contributed by atoms with E-state index in [4.69, 9.17) is 16.3 Å². The number of aromatic nitrogens is 1. The van der Waals surface area contributed by atoms with E-state index in [1.807, 2.05) is 23.6 Å². The molecule has 2 aromatic carbocycles. The maximum atomic E-state index is 5.79. The van der Waals surface area contributed by atoms with Gasteiger partial charge in [0.1, 0.15) is 5.75 Å². The zero-order chi connectivity index (χ0) is 13.8. The van der Waals surface area contributed by atoms with E-state index in [-0.39, 0.29) is 0 Å². The molecule has 102 valence electrons. The van der Waals surface area contributed by atoms with Crippen molar-refractivity contribution in [3.8, 4) is 5.75 Å². The third-order valence-electron chi connectivity index (χ3n) is 3.04. The molecule has 20 heavy (non-hydrogen) atoms. The van der Waals surface area contributed by atoms with Crippen molar-refractivity contribution in [1.29, 1.82) is 0 Å². The summed E-state index contributed by atoms with van der Waals surface area (Å²) in [5, 5.41) is 5.50. The maximum absolute atomic E-state index is 5.79. The zero-order valence-electron chi connectivity index (χ0n) is 10.9. The van der Waals surface area contributed by atoms with Crippen LogP contribution in [-0.2, 0) is 12.3 Å². The van der Waals surface area contributed by atoms with Crippen molar-refractivity contribution in [2.45, 2.75) is 12.3 Å². The predicted octanol–water partition coefficient (Wildman–Crippen LogP) is 4.66. The van der Waals surface area contributed by atoms with Crippen molar-refractivity contribution in [2.75, 3.05) is 6.61 Å². The van der Waals surface area contributed by atoms with Gasteiger partial charge in [-0.05, 0) is 22.9 Å². The average Bonchev–Trinajstić information content (AvgIpc) is 2.95. The number of fused-ring (bicyclic) bond motifs is 1. The Balaban J connectivity index is 1.62. The van der Waals surface area contributed by atoms with Gasteiger partial charge < -0.3 is 4.74 Å². The Bertz CT molecular complexity index is 710. The summed E-state index contributed by atoms with van der Waals surface area (Å²) in [6, 6.07) is 14.4. The second-order valence-electron chi connectivity index (χ2n) is 4.47. The number of ether oxygens (including phenoxy) is 1. The van der Waals surface area contributed by atoms with E-state index in [9.17, 15) is 0 Å². The van der Waals surface area contributed by atoms with Gasteiger partial charge in [-0.1, -0.05) is 30.3 Å². The van der Waals surface area contributed by atoms with Crippen LogP contribution in [0.5, 0.6) is 5.75 Å². The lowest BCUT2D eigenvalue weighted by atomic mass is 10.1. The summed E-state index contributed by atoms with van der Waals surface area (Å²) in [4.78, 5) is 4.42. The summed E-state index contributed by atoms with van der Waals surface area (Å²) >= 11 is 7.37. The molecule has 1 aromatic heterocycles. The Morgan fingerprint density at radius 3 is 2.75 bits per heavy atom. The van der Waals surface area contributed by atoms with Gasteiger partial charge in [0.05, 0.1) is 23.2 Å². The van der Waals surface area contributed by atoms with Crippen LogP contribution in [0.3, 0.4) is 0 Å². The molecule has 0 saturated carbocycles. The summed E-state index contributed by atoms with van der Waals surface area (Å²) in [7, 11) is 0. The van der Waals surface area contributed by atoms with Crippen LogP contribution in [0.4, 0.5) is 0 Å². The summed E-state index contributed by atoms with van der Waals surface area (Å²) in [5.41, 5.74) is 0.942. The lowest BCUT2D eigenvalue weighted by Crippen LogP contribution is -2.01. The van der Waals surface area contributed by atoms with Crippen molar-refractivity contribution < 1.29 is 4.74 Å². The number of thiazole rings is 1. The maximum Gasteiger partial charge on any atom is 0.119 e. The molecule has 0 atom stereocenters. The van der Waals surface area contributed by atoms with Gasteiger partial charge in [-0.3, -0.25) is 0 Å². The van der Waals surface area contributed by atoms with Crippen molar-refractivity contribution in [1.82, 2.24) is 4.98 Å². The number of nitrogens with zero attached hydrogens (tertiary/aromatic N) is 1. The number of alkyl halides is 1. The molecule has 0 amide bonds. The van der Waals surface area contributed by atoms with E-state index in [1.54, 1.807) is 11.3 Å². The lowest BCUT2D eigenvalue weighted by molar-refractivity contribution is 0.322. The quantitative estimate of drug-likeness (QED) is 0.640. The van der Waals surface area contributed by atoms with Crippen LogP contribution in [0.15, 0.2) is 47.8 Å². The molecule has 0 aliphatic heterocycles. The molecule has 0 N–H and O–H groups in total. The molecule has 0 spiro atoms. The first-order valence-electron chi connectivity index (χ1n) is 6.46. The van der Waals surface area contributed by atoms with Crippen molar-refractivity contribution in [2.24, 2.45) is 0 Å². The minimum Gasteiger partial charge on any atom is -0.493 e. The van der Waals surface area contributed by atoms with Crippen LogP contribution >= 0.6 is 22.9 Å². The number of halogens is 1. The number of rotatable bonds is 5. The Hall–Kier alpha value is -1.58. The van der Waals surface area contributed by atoms with Crippen LogP contribution in [0.1, 0.15) is 10.7 Å². The van der Waals surface area contributed by atoms with Gasteiger partial charge in [-0.25, -0.2) is 4.98 Å². The van der Waals surface area contributed by atoms with Crippen LogP contribution < -0.4 is 4.74 Å². The third-order valence-corrected chi connectivity index (χ3v) is 4.27. The highest BCUT2D eigenvalue weighted by Gasteiger charge is 2.02. The van der Waals surface area contributed by atoms with Crippen molar-refractivity contribution >= 4 is 33.7 Å². The second kappa shape index (κ2) is 6.25. The normalized spacial score (nSPS) is 10.8. The molecule has 0 unspecified atom stereocenters. The molecule has 1 heterocycles. The number of hydrogen-bond acceptors (Lipinski definition) is 3. The first-order chi connectivity index (χ1) is 9.85. The fourth-order valence-electron chi connectivity index (χ4n) is 2.04. The van der Waals surface area contributed by atoms with Gasteiger partial charge in [-0.15, -0.1) is 22.9 Å². The molecule has 0 bridgehead atoms. The summed E-state index contributed by atoms with van der Waals surface area (Å²) in [6.45, 7) is 0.633. The average molecular weight is 304 g/mol.